The second kappa shape index (κ2) is 8.31. The minimum absolute atomic E-state index is 0.0236. The molecule has 1 aromatic heterocycles. The summed E-state index contributed by atoms with van der Waals surface area (Å²) in [5.41, 5.74) is 2.21. The molecule has 0 bridgehead atoms. The molecule has 1 amide bonds. The third-order valence-corrected chi connectivity index (χ3v) is 4.63. The Balaban J connectivity index is 1.67. The molecule has 0 unspecified atom stereocenters. The van der Waals surface area contributed by atoms with Gasteiger partial charge in [0.15, 0.2) is 18.3 Å². The first kappa shape index (κ1) is 18.4. The summed E-state index contributed by atoms with van der Waals surface area (Å²) < 4.78 is 10.9. The van der Waals surface area contributed by atoms with Crippen LogP contribution in [0.5, 0.6) is 5.75 Å². The molecule has 1 saturated heterocycles. The van der Waals surface area contributed by atoms with Gasteiger partial charge in [-0.25, -0.2) is 4.98 Å². The summed E-state index contributed by atoms with van der Waals surface area (Å²) in [5.74, 6) is 2.04. The van der Waals surface area contributed by atoms with Gasteiger partial charge in [-0.3, -0.25) is 9.89 Å². The molecule has 1 atom stereocenters. The summed E-state index contributed by atoms with van der Waals surface area (Å²) in [6.45, 7) is 5.13. The average Bonchev–Trinajstić information content (AvgIpc) is 3.09. The molecular weight excluding hydrogens is 332 g/mol. The number of methoxy groups -OCH3 is 1. The number of hydrogen-bond acceptors (Lipinski definition) is 5. The number of hydrogen-bond donors (Lipinski definition) is 1. The number of rotatable bonds is 6. The first-order valence-electron chi connectivity index (χ1n) is 8.98. The van der Waals surface area contributed by atoms with Gasteiger partial charge in [0.25, 0.3) is 5.91 Å². The van der Waals surface area contributed by atoms with Crippen LogP contribution in [0.2, 0.25) is 0 Å². The van der Waals surface area contributed by atoms with Crippen LogP contribution in [0.25, 0.3) is 0 Å². The summed E-state index contributed by atoms with van der Waals surface area (Å²) in [6, 6.07) is 5.84. The molecule has 140 valence electrons. The van der Waals surface area contributed by atoms with E-state index in [4.69, 9.17) is 9.47 Å². The molecule has 0 aliphatic carbocycles. The van der Waals surface area contributed by atoms with Crippen molar-refractivity contribution >= 4 is 5.91 Å². The lowest BCUT2D eigenvalue weighted by molar-refractivity contribution is -0.137. The van der Waals surface area contributed by atoms with Crippen LogP contribution in [0.1, 0.15) is 48.1 Å². The van der Waals surface area contributed by atoms with Gasteiger partial charge in [-0.15, -0.1) is 0 Å². The largest absolute Gasteiger partial charge is 0.483 e. The number of H-pyrrole nitrogens is 1. The van der Waals surface area contributed by atoms with E-state index in [9.17, 15) is 4.79 Å². The summed E-state index contributed by atoms with van der Waals surface area (Å²) >= 11 is 0. The Morgan fingerprint density at radius 2 is 2.19 bits per heavy atom. The summed E-state index contributed by atoms with van der Waals surface area (Å²) in [6.07, 6.45) is 2.90. The third-order valence-electron chi connectivity index (χ3n) is 4.63. The normalized spacial score (nSPS) is 17.3. The lowest BCUT2D eigenvalue weighted by Gasteiger charge is -2.34. The van der Waals surface area contributed by atoms with Crippen LogP contribution < -0.4 is 4.74 Å². The van der Waals surface area contributed by atoms with Crippen LogP contribution >= 0.6 is 0 Å². The molecular formula is C19H26N4O3. The number of likely N-dealkylation sites (tertiary alicyclic amines) is 1. The van der Waals surface area contributed by atoms with E-state index in [2.05, 4.69) is 21.2 Å². The van der Waals surface area contributed by atoms with Crippen LogP contribution in [0.4, 0.5) is 0 Å². The number of aromatic amines is 1. The molecule has 26 heavy (non-hydrogen) atoms. The Bertz CT molecular complexity index is 759. The fourth-order valence-electron chi connectivity index (χ4n) is 3.34. The molecule has 7 nitrogen and oxygen atoms in total. The number of piperidine rings is 1. The van der Waals surface area contributed by atoms with Gasteiger partial charge in [-0.2, -0.15) is 5.10 Å². The zero-order chi connectivity index (χ0) is 18.5. The quantitative estimate of drug-likeness (QED) is 0.859. The van der Waals surface area contributed by atoms with Crippen LogP contribution in [-0.2, 0) is 16.1 Å². The number of aryl methyl sites for hydroxylation is 2. The lowest BCUT2D eigenvalue weighted by Crippen LogP contribution is -2.41. The van der Waals surface area contributed by atoms with Crippen molar-refractivity contribution in [1.82, 2.24) is 20.1 Å². The standard InChI is InChI=1S/C19H26N4O3/c1-13-7-8-16(14(2)10-13)26-12-18(24)23-9-5-4-6-15(23)19-20-17(11-25-3)21-22-19/h7-8,10,15H,4-6,9,11-12H2,1-3H3,(H,20,21,22)/t15-/m1/s1. The lowest BCUT2D eigenvalue weighted by atomic mass is 10.0. The van der Waals surface area contributed by atoms with Gasteiger partial charge in [0.05, 0.1) is 6.04 Å². The summed E-state index contributed by atoms with van der Waals surface area (Å²) in [4.78, 5) is 19.1. The van der Waals surface area contributed by atoms with E-state index in [1.54, 1.807) is 7.11 Å². The number of carbonyl (C=O) groups is 1. The number of benzene rings is 1. The summed E-state index contributed by atoms with van der Waals surface area (Å²) in [5, 5.41) is 7.16. The van der Waals surface area contributed by atoms with Gasteiger partial charge in [-0.05, 0) is 44.7 Å². The van der Waals surface area contributed by atoms with Crippen molar-refractivity contribution in [3.05, 3.63) is 41.0 Å². The molecule has 0 spiro atoms. The highest BCUT2D eigenvalue weighted by Crippen LogP contribution is 2.29. The Kier molecular flexibility index (Phi) is 5.88. The molecule has 1 aliphatic heterocycles. The van der Waals surface area contributed by atoms with E-state index >= 15 is 0 Å². The predicted molar refractivity (Wildman–Crippen MR) is 96.8 cm³/mol. The highest BCUT2D eigenvalue weighted by atomic mass is 16.5. The topological polar surface area (TPSA) is 80.3 Å². The number of ether oxygens (including phenoxy) is 2. The molecule has 0 radical (unpaired) electrons. The molecule has 1 aromatic carbocycles. The number of aromatic nitrogens is 3. The fourth-order valence-corrected chi connectivity index (χ4v) is 3.34. The van der Waals surface area contributed by atoms with E-state index in [0.29, 0.717) is 24.8 Å². The van der Waals surface area contributed by atoms with E-state index in [0.717, 1.165) is 30.6 Å². The van der Waals surface area contributed by atoms with E-state index in [-0.39, 0.29) is 18.6 Å². The predicted octanol–water partition coefficient (Wildman–Crippen LogP) is 2.70. The number of nitrogens with one attached hydrogen (secondary N) is 1. The minimum atomic E-state index is -0.110. The van der Waals surface area contributed by atoms with Crippen LogP contribution in [-0.4, -0.2) is 46.2 Å². The van der Waals surface area contributed by atoms with Gasteiger partial charge >= 0.3 is 0 Å². The molecule has 1 fully saturated rings. The number of amides is 1. The SMILES string of the molecule is COCc1nc([C@H]2CCCCN2C(=O)COc2ccc(C)cc2C)n[nH]1. The maximum Gasteiger partial charge on any atom is 0.261 e. The second-order valence-electron chi connectivity index (χ2n) is 6.73. The first-order valence-corrected chi connectivity index (χ1v) is 8.98. The maximum atomic E-state index is 12.8. The Labute approximate surface area is 153 Å². The Hall–Kier alpha value is -2.41. The molecule has 3 rings (SSSR count). The maximum absolute atomic E-state index is 12.8. The van der Waals surface area contributed by atoms with Gasteiger partial charge in [0.1, 0.15) is 12.4 Å². The van der Waals surface area contributed by atoms with Crippen molar-refractivity contribution in [3.63, 3.8) is 0 Å². The Morgan fingerprint density at radius 1 is 1.35 bits per heavy atom. The summed E-state index contributed by atoms with van der Waals surface area (Å²) in [7, 11) is 1.61. The van der Waals surface area contributed by atoms with E-state index in [1.165, 1.54) is 5.56 Å². The zero-order valence-electron chi connectivity index (χ0n) is 15.6. The van der Waals surface area contributed by atoms with Gasteiger partial charge in [-0.1, -0.05) is 17.7 Å². The van der Waals surface area contributed by atoms with Crippen molar-refractivity contribution in [1.29, 1.82) is 0 Å². The van der Waals surface area contributed by atoms with Crippen molar-refractivity contribution in [2.24, 2.45) is 0 Å². The average molecular weight is 358 g/mol. The zero-order valence-corrected chi connectivity index (χ0v) is 15.6. The third kappa shape index (κ3) is 4.22. The van der Waals surface area contributed by atoms with Crippen LogP contribution in [0, 0.1) is 13.8 Å². The molecule has 2 aromatic rings. The Morgan fingerprint density at radius 3 is 2.96 bits per heavy atom. The van der Waals surface area contributed by atoms with Crippen molar-refractivity contribution in [2.75, 3.05) is 20.3 Å². The first-order chi connectivity index (χ1) is 12.6. The van der Waals surface area contributed by atoms with Crippen molar-refractivity contribution < 1.29 is 14.3 Å². The van der Waals surface area contributed by atoms with Gasteiger partial charge < -0.3 is 14.4 Å². The highest BCUT2D eigenvalue weighted by Gasteiger charge is 2.31. The van der Waals surface area contributed by atoms with E-state index in [1.807, 2.05) is 30.9 Å². The van der Waals surface area contributed by atoms with E-state index < -0.39 is 0 Å². The fraction of sp³-hybridized carbons (Fsp3) is 0.526. The van der Waals surface area contributed by atoms with Crippen LogP contribution in [0.3, 0.4) is 0 Å². The van der Waals surface area contributed by atoms with Gasteiger partial charge in [0, 0.05) is 13.7 Å². The van der Waals surface area contributed by atoms with Crippen molar-refractivity contribution in [2.45, 2.75) is 45.8 Å². The highest BCUT2D eigenvalue weighted by molar-refractivity contribution is 5.78. The number of carbonyl (C=O) groups excluding carboxylic acids is 1. The smallest absolute Gasteiger partial charge is 0.261 e. The molecule has 1 aliphatic rings. The monoisotopic (exact) mass is 358 g/mol. The minimum Gasteiger partial charge on any atom is -0.483 e. The van der Waals surface area contributed by atoms with Crippen molar-refractivity contribution in [3.8, 4) is 5.75 Å². The number of nitrogens with zero attached hydrogens (tertiary/aromatic N) is 3. The second-order valence-corrected chi connectivity index (χ2v) is 6.73. The molecule has 7 heteroatoms. The molecule has 2 heterocycles. The van der Waals surface area contributed by atoms with Crippen LogP contribution in [0.15, 0.2) is 18.2 Å². The molecule has 0 saturated carbocycles. The molecule has 1 N–H and O–H groups in total. The van der Waals surface area contributed by atoms with Gasteiger partial charge in [0.2, 0.25) is 0 Å².